The van der Waals surface area contributed by atoms with E-state index in [-0.39, 0.29) is 17.5 Å². The monoisotopic (exact) mass is 485 g/mol. The van der Waals surface area contributed by atoms with Crippen molar-refractivity contribution in [1.82, 2.24) is 9.78 Å². The standard InChI is InChI=1S/C28H40ClN3O2/c1-2-3-4-5-6-7-8-9-10-11-12-13-14-15-16-21-27(33)32-23-22-26(31-32)28(34)30-25-20-18-17-19-24(25)29/h9-10,17-20,22-23H,2-8,11-16,21H2,1H3,(H,30,34). The number of nitrogens with zero attached hydrogens (tertiary/aromatic N) is 2. The molecule has 1 amide bonds. The molecule has 1 aromatic carbocycles. The number of amides is 1. The number of anilines is 1. The highest BCUT2D eigenvalue weighted by atomic mass is 35.5. The van der Waals surface area contributed by atoms with Crippen LogP contribution in [0.15, 0.2) is 48.7 Å². The number of aromatic nitrogens is 2. The number of benzene rings is 1. The van der Waals surface area contributed by atoms with Gasteiger partial charge < -0.3 is 5.32 Å². The van der Waals surface area contributed by atoms with Gasteiger partial charge in [0, 0.05) is 12.6 Å². The first-order chi connectivity index (χ1) is 16.6. The molecule has 0 aliphatic heterocycles. The molecule has 0 saturated carbocycles. The van der Waals surface area contributed by atoms with E-state index >= 15 is 0 Å². The van der Waals surface area contributed by atoms with Gasteiger partial charge in [0.25, 0.3) is 5.91 Å². The van der Waals surface area contributed by atoms with Crippen molar-refractivity contribution in [2.45, 2.75) is 96.8 Å². The quantitative estimate of drug-likeness (QED) is 0.180. The van der Waals surface area contributed by atoms with Crippen molar-refractivity contribution in [1.29, 1.82) is 0 Å². The van der Waals surface area contributed by atoms with Crippen LogP contribution in [0.25, 0.3) is 0 Å². The molecular weight excluding hydrogens is 446 g/mol. The Morgan fingerprint density at radius 3 is 2.18 bits per heavy atom. The zero-order chi connectivity index (χ0) is 24.4. The lowest BCUT2D eigenvalue weighted by Crippen LogP contribution is -2.16. The predicted octanol–water partition coefficient (Wildman–Crippen LogP) is 8.47. The van der Waals surface area contributed by atoms with Gasteiger partial charge in [-0.15, -0.1) is 0 Å². The highest BCUT2D eigenvalue weighted by molar-refractivity contribution is 6.33. The Hall–Kier alpha value is -2.40. The molecule has 0 radical (unpaired) electrons. The maximum absolute atomic E-state index is 12.4. The van der Waals surface area contributed by atoms with Gasteiger partial charge in [0.2, 0.25) is 5.91 Å². The minimum atomic E-state index is -0.388. The Morgan fingerprint density at radius 1 is 0.882 bits per heavy atom. The van der Waals surface area contributed by atoms with Crippen molar-refractivity contribution in [3.63, 3.8) is 0 Å². The molecular formula is C28H40ClN3O2. The van der Waals surface area contributed by atoms with Crippen LogP contribution in [-0.4, -0.2) is 21.6 Å². The Labute approximate surface area is 210 Å². The number of carbonyl (C=O) groups is 2. The molecule has 0 unspecified atom stereocenters. The second kappa shape index (κ2) is 17.1. The molecule has 1 heterocycles. The zero-order valence-corrected chi connectivity index (χ0v) is 21.4. The number of para-hydroxylation sites is 1. The third kappa shape index (κ3) is 11.1. The molecule has 34 heavy (non-hydrogen) atoms. The third-order valence-corrected chi connectivity index (χ3v) is 6.18. The number of hydrogen-bond donors (Lipinski definition) is 1. The second-order valence-corrected chi connectivity index (χ2v) is 9.21. The number of carbonyl (C=O) groups excluding carboxylic acids is 2. The van der Waals surface area contributed by atoms with Crippen molar-refractivity contribution < 1.29 is 9.59 Å². The van der Waals surface area contributed by atoms with Crippen molar-refractivity contribution in [2.24, 2.45) is 0 Å². The lowest BCUT2D eigenvalue weighted by atomic mass is 10.1. The number of allylic oxidation sites excluding steroid dienone is 2. The number of unbranched alkanes of at least 4 members (excludes halogenated alkanes) is 11. The van der Waals surface area contributed by atoms with E-state index in [2.05, 4.69) is 29.5 Å². The molecule has 5 nitrogen and oxygen atoms in total. The second-order valence-electron chi connectivity index (χ2n) is 8.81. The summed E-state index contributed by atoms with van der Waals surface area (Å²) in [5.74, 6) is -0.477. The average molecular weight is 486 g/mol. The van der Waals surface area contributed by atoms with Crippen LogP contribution in [0.2, 0.25) is 5.02 Å². The summed E-state index contributed by atoms with van der Waals surface area (Å²) in [5.41, 5.74) is 0.709. The van der Waals surface area contributed by atoms with Gasteiger partial charge in [0.05, 0.1) is 10.7 Å². The number of rotatable bonds is 17. The molecule has 6 heteroatoms. The first-order valence-corrected chi connectivity index (χ1v) is 13.3. The molecule has 1 N–H and O–H groups in total. The van der Waals surface area contributed by atoms with E-state index in [4.69, 9.17) is 11.6 Å². The van der Waals surface area contributed by atoms with Gasteiger partial charge in [0.15, 0.2) is 5.69 Å². The zero-order valence-electron chi connectivity index (χ0n) is 20.6. The maximum atomic E-state index is 12.4. The first-order valence-electron chi connectivity index (χ1n) is 12.9. The van der Waals surface area contributed by atoms with Crippen molar-refractivity contribution >= 4 is 29.1 Å². The van der Waals surface area contributed by atoms with Crippen LogP contribution < -0.4 is 5.32 Å². The first kappa shape index (κ1) is 27.8. The van der Waals surface area contributed by atoms with Crippen LogP contribution in [0, 0.1) is 0 Å². The Morgan fingerprint density at radius 2 is 1.50 bits per heavy atom. The normalized spacial score (nSPS) is 11.2. The summed E-state index contributed by atoms with van der Waals surface area (Å²) < 4.78 is 1.26. The van der Waals surface area contributed by atoms with Gasteiger partial charge in [-0.25, -0.2) is 4.68 Å². The molecule has 2 aromatic rings. The van der Waals surface area contributed by atoms with Crippen molar-refractivity contribution in [2.75, 3.05) is 5.32 Å². The minimum absolute atomic E-state index is 0.0885. The van der Waals surface area contributed by atoms with E-state index in [9.17, 15) is 9.59 Å². The SMILES string of the molecule is CCCCCCCCC=CCCCCCCCC(=O)n1ccc(C(=O)Nc2ccccc2Cl)n1. The molecule has 0 fully saturated rings. The molecule has 186 valence electrons. The van der Waals surface area contributed by atoms with Crippen LogP contribution in [0.3, 0.4) is 0 Å². The molecule has 0 aliphatic rings. The lowest BCUT2D eigenvalue weighted by molar-refractivity contribution is 0.0882. The van der Waals surface area contributed by atoms with E-state index in [1.165, 1.54) is 62.5 Å². The number of hydrogen-bond acceptors (Lipinski definition) is 3. The summed E-state index contributed by atoms with van der Waals surface area (Å²) >= 11 is 6.07. The van der Waals surface area contributed by atoms with Gasteiger partial charge in [-0.3, -0.25) is 9.59 Å². The highest BCUT2D eigenvalue weighted by Crippen LogP contribution is 2.21. The Kier molecular flexibility index (Phi) is 14.0. The van der Waals surface area contributed by atoms with Crippen LogP contribution in [0.4, 0.5) is 5.69 Å². The van der Waals surface area contributed by atoms with Crippen molar-refractivity contribution in [3.8, 4) is 0 Å². The van der Waals surface area contributed by atoms with Gasteiger partial charge >= 0.3 is 0 Å². The molecule has 0 aliphatic carbocycles. The fourth-order valence-corrected chi connectivity index (χ4v) is 3.98. The van der Waals surface area contributed by atoms with E-state index in [0.717, 1.165) is 25.7 Å². The number of nitrogens with one attached hydrogen (secondary N) is 1. The van der Waals surface area contributed by atoms with Gasteiger partial charge in [-0.05, 0) is 50.3 Å². The fourth-order valence-electron chi connectivity index (χ4n) is 3.79. The third-order valence-electron chi connectivity index (χ3n) is 5.85. The Balaban J connectivity index is 1.52. The van der Waals surface area contributed by atoms with Gasteiger partial charge in [0.1, 0.15) is 0 Å². The average Bonchev–Trinajstić information content (AvgIpc) is 3.33. The van der Waals surface area contributed by atoms with Gasteiger partial charge in [-0.1, -0.05) is 94.2 Å². The highest BCUT2D eigenvalue weighted by Gasteiger charge is 2.14. The molecule has 0 atom stereocenters. The maximum Gasteiger partial charge on any atom is 0.276 e. The largest absolute Gasteiger partial charge is 0.319 e. The predicted molar refractivity (Wildman–Crippen MR) is 142 cm³/mol. The summed E-state index contributed by atoms with van der Waals surface area (Å²) in [6.07, 6.45) is 22.6. The van der Waals surface area contributed by atoms with E-state index in [1.807, 2.05) is 0 Å². The smallest absolute Gasteiger partial charge is 0.276 e. The fraction of sp³-hybridized carbons (Fsp3) is 0.536. The molecule has 0 spiro atoms. The van der Waals surface area contributed by atoms with Crippen LogP contribution >= 0.6 is 11.6 Å². The van der Waals surface area contributed by atoms with E-state index in [1.54, 1.807) is 36.5 Å². The minimum Gasteiger partial charge on any atom is -0.319 e. The van der Waals surface area contributed by atoms with E-state index < -0.39 is 0 Å². The summed E-state index contributed by atoms with van der Waals surface area (Å²) in [5, 5.41) is 7.30. The summed E-state index contributed by atoms with van der Waals surface area (Å²) in [4.78, 5) is 24.7. The molecule has 2 rings (SSSR count). The lowest BCUT2D eigenvalue weighted by Gasteiger charge is -2.05. The molecule has 0 bridgehead atoms. The molecule has 0 saturated heterocycles. The summed E-state index contributed by atoms with van der Waals surface area (Å²) in [6, 6.07) is 8.55. The Bertz CT molecular complexity index is 891. The number of halogens is 1. The summed E-state index contributed by atoms with van der Waals surface area (Å²) in [7, 11) is 0. The topological polar surface area (TPSA) is 64.0 Å². The van der Waals surface area contributed by atoms with Crippen LogP contribution in [-0.2, 0) is 0 Å². The van der Waals surface area contributed by atoms with E-state index in [0.29, 0.717) is 17.1 Å². The van der Waals surface area contributed by atoms with Gasteiger partial charge in [-0.2, -0.15) is 5.10 Å². The molecule has 1 aromatic heterocycles. The summed E-state index contributed by atoms with van der Waals surface area (Å²) in [6.45, 7) is 2.26. The van der Waals surface area contributed by atoms with Crippen molar-refractivity contribution in [3.05, 3.63) is 59.4 Å². The van der Waals surface area contributed by atoms with Crippen LogP contribution in [0.1, 0.15) is 112 Å². The van der Waals surface area contributed by atoms with Crippen LogP contribution in [0.5, 0.6) is 0 Å².